The number of hydrogen-bond donors (Lipinski definition) is 0. The third-order valence-corrected chi connectivity index (χ3v) is 12.4. The quantitative estimate of drug-likeness (QED) is 0.175. The average Bonchev–Trinajstić information content (AvgIpc) is 3.95. The van der Waals surface area contributed by atoms with Gasteiger partial charge in [0.05, 0.1) is 33.5 Å². The van der Waals surface area contributed by atoms with E-state index in [2.05, 4.69) is 209 Å². The molecular formula is C56H34N4. The van der Waals surface area contributed by atoms with Crippen LogP contribution in [0.3, 0.4) is 0 Å². The number of hydrogen-bond acceptors (Lipinski definition) is 2. The first kappa shape index (κ1) is 32.9. The predicted molar refractivity (Wildman–Crippen MR) is 249 cm³/mol. The second-order valence-corrected chi connectivity index (χ2v) is 15.7. The molecule has 0 N–H and O–H groups in total. The highest BCUT2D eigenvalue weighted by atomic mass is 15.0. The average molecular weight is 763 g/mol. The fourth-order valence-corrected chi connectivity index (χ4v) is 9.81. The van der Waals surface area contributed by atoms with Crippen LogP contribution in [0.15, 0.2) is 206 Å². The van der Waals surface area contributed by atoms with E-state index in [9.17, 15) is 0 Å². The standard InChI is InChI=1S/C56H34N4/c1-3-14-36(15-4-1)56-57-54(53-44-24-12-16-35-17-13-25-45(52(35)44)55(53)58-56)39-18-11-21-41(32-39)60-49-27-10-8-23-43(49)47-34-38(29-31-51(47)60)37-28-30-50-46(33-37)42-22-7-9-26-48(42)59(50)40-19-5-2-6-20-40/h1-34H. The van der Waals surface area contributed by atoms with Crippen LogP contribution in [0.1, 0.15) is 0 Å². The van der Waals surface area contributed by atoms with Crippen LogP contribution in [0.2, 0.25) is 0 Å². The summed E-state index contributed by atoms with van der Waals surface area (Å²) in [6.45, 7) is 0. The van der Waals surface area contributed by atoms with E-state index in [-0.39, 0.29) is 0 Å². The molecule has 0 aliphatic heterocycles. The maximum atomic E-state index is 5.38. The van der Waals surface area contributed by atoms with Gasteiger partial charge in [0, 0.05) is 55.2 Å². The lowest BCUT2D eigenvalue weighted by molar-refractivity contribution is 1.17. The summed E-state index contributed by atoms with van der Waals surface area (Å²) in [6.07, 6.45) is 0. The van der Waals surface area contributed by atoms with E-state index in [1.54, 1.807) is 0 Å². The second kappa shape index (κ2) is 12.7. The molecule has 4 heteroatoms. The van der Waals surface area contributed by atoms with Crippen molar-refractivity contribution in [3.8, 4) is 67.5 Å². The van der Waals surface area contributed by atoms with Crippen molar-refractivity contribution in [2.45, 2.75) is 0 Å². The Morgan fingerprint density at radius 3 is 1.52 bits per heavy atom. The summed E-state index contributed by atoms with van der Waals surface area (Å²) in [6, 6.07) is 74.3. The molecule has 278 valence electrons. The van der Waals surface area contributed by atoms with E-state index in [0.717, 1.165) is 56.4 Å². The normalized spacial score (nSPS) is 12.0. The highest BCUT2D eigenvalue weighted by molar-refractivity contribution is 6.17. The monoisotopic (exact) mass is 762 g/mol. The van der Waals surface area contributed by atoms with Crippen LogP contribution in [0, 0.1) is 0 Å². The minimum atomic E-state index is 0.728. The number of nitrogens with zero attached hydrogens (tertiary/aromatic N) is 4. The van der Waals surface area contributed by atoms with Crippen molar-refractivity contribution in [3.63, 3.8) is 0 Å². The highest BCUT2D eigenvalue weighted by Gasteiger charge is 2.28. The van der Waals surface area contributed by atoms with Crippen LogP contribution >= 0.6 is 0 Å². The van der Waals surface area contributed by atoms with Gasteiger partial charge in [-0.05, 0) is 88.1 Å². The number of aromatic nitrogens is 4. The molecule has 9 aromatic carbocycles. The van der Waals surface area contributed by atoms with Gasteiger partial charge < -0.3 is 9.13 Å². The zero-order valence-electron chi connectivity index (χ0n) is 32.4. The largest absolute Gasteiger partial charge is 0.309 e. The lowest BCUT2D eigenvalue weighted by atomic mass is 9.99. The summed E-state index contributed by atoms with van der Waals surface area (Å²) in [7, 11) is 0. The zero-order chi connectivity index (χ0) is 39.3. The fraction of sp³-hybridized carbons (Fsp3) is 0. The molecule has 0 radical (unpaired) electrons. The summed E-state index contributed by atoms with van der Waals surface area (Å²) in [5, 5.41) is 7.40. The maximum absolute atomic E-state index is 5.38. The van der Waals surface area contributed by atoms with Gasteiger partial charge in [-0.15, -0.1) is 0 Å². The van der Waals surface area contributed by atoms with E-state index >= 15 is 0 Å². The molecule has 12 aromatic rings. The van der Waals surface area contributed by atoms with Crippen molar-refractivity contribution in [2.75, 3.05) is 0 Å². The third kappa shape index (κ3) is 4.79. The van der Waals surface area contributed by atoms with Crippen molar-refractivity contribution in [1.82, 2.24) is 19.1 Å². The maximum Gasteiger partial charge on any atom is 0.160 e. The summed E-state index contributed by atoms with van der Waals surface area (Å²) in [5.41, 5.74) is 16.8. The first-order chi connectivity index (χ1) is 29.8. The number of benzene rings is 9. The lowest BCUT2D eigenvalue weighted by Crippen LogP contribution is -1.99. The number of rotatable bonds is 5. The van der Waals surface area contributed by atoms with Crippen molar-refractivity contribution in [2.24, 2.45) is 0 Å². The van der Waals surface area contributed by atoms with Crippen LogP contribution in [0.25, 0.3) is 122 Å². The Balaban J connectivity index is 0.982. The van der Waals surface area contributed by atoms with E-state index in [1.807, 2.05) is 6.07 Å². The molecule has 0 spiro atoms. The molecule has 3 heterocycles. The Hall–Kier alpha value is -8.08. The van der Waals surface area contributed by atoms with E-state index in [4.69, 9.17) is 9.97 Å². The first-order valence-electron chi connectivity index (χ1n) is 20.5. The van der Waals surface area contributed by atoms with Crippen LogP contribution < -0.4 is 0 Å². The summed E-state index contributed by atoms with van der Waals surface area (Å²) in [4.78, 5) is 10.7. The minimum absolute atomic E-state index is 0.728. The Morgan fingerprint density at radius 1 is 0.317 bits per heavy atom. The molecular weight excluding hydrogens is 729 g/mol. The van der Waals surface area contributed by atoms with E-state index in [1.165, 1.54) is 65.6 Å². The summed E-state index contributed by atoms with van der Waals surface area (Å²) >= 11 is 0. The van der Waals surface area contributed by atoms with E-state index < -0.39 is 0 Å². The molecule has 60 heavy (non-hydrogen) atoms. The number of fused-ring (bicyclic) bond motifs is 9. The van der Waals surface area contributed by atoms with Gasteiger partial charge in [-0.1, -0.05) is 146 Å². The molecule has 3 aromatic heterocycles. The molecule has 0 saturated heterocycles. The van der Waals surface area contributed by atoms with E-state index in [0.29, 0.717) is 0 Å². The third-order valence-electron chi connectivity index (χ3n) is 12.4. The van der Waals surface area contributed by atoms with Crippen molar-refractivity contribution >= 4 is 54.4 Å². The fourth-order valence-electron chi connectivity index (χ4n) is 9.81. The van der Waals surface area contributed by atoms with Gasteiger partial charge in [-0.25, -0.2) is 9.97 Å². The van der Waals surface area contributed by atoms with Crippen LogP contribution in [0.5, 0.6) is 0 Å². The van der Waals surface area contributed by atoms with Crippen LogP contribution in [-0.2, 0) is 0 Å². The van der Waals surface area contributed by atoms with Gasteiger partial charge >= 0.3 is 0 Å². The van der Waals surface area contributed by atoms with Gasteiger partial charge in [-0.2, -0.15) is 0 Å². The van der Waals surface area contributed by atoms with Gasteiger partial charge in [0.1, 0.15) is 0 Å². The van der Waals surface area contributed by atoms with Crippen molar-refractivity contribution in [1.29, 1.82) is 0 Å². The first-order valence-corrected chi connectivity index (χ1v) is 20.5. The van der Waals surface area contributed by atoms with Gasteiger partial charge in [0.25, 0.3) is 0 Å². The molecule has 0 amide bonds. The summed E-state index contributed by atoms with van der Waals surface area (Å²) in [5.74, 6) is 0.728. The number of para-hydroxylation sites is 3. The van der Waals surface area contributed by atoms with Crippen LogP contribution in [-0.4, -0.2) is 19.1 Å². The van der Waals surface area contributed by atoms with Crippen LogP contribution in [0.4, 0.5) is 0 Å². The van der Waals surface area contributed by atoms with Gasteiger partial charge in [0.15, 0.2) is 5.82 Å². The molecule has 1 aliphatic rings. The van der Waals surface area contributed by atoms with Gasteiger partial charge in [0.2, 0.25) is 0 Å². The molecule has 0 bridgehead atoms. The molecule has 0 saturated carbocycles. The zero-order valence-corrected chi connectivity index (χ0v) is 32.4. The lowest BCUT2D eigenvalue weighted by Gasteiger charge is -2.14. The van der Waals surface area contributed by atoms with Gasteiger partial charge in [-0.3, -0.25) is 0 Å². The Bertz CT molecular complexity index is 3700. The highest BCUT2D eigenvalue weighted by Crippen LogP contribution is 2.50. The smallest absolute Gasteiger partial charge is 0.160 e. The molecule has 1 aliphatic carbocycles. The predicted octanol–water partition coefficient (Wildman–Crippen LogP) is 14.5. The Kier molecular flexibility index (Phi) is 6.98. The topological polar surface area (TPSA) is 35.6 Å². The molecule has 0 fully saturated rings. The SMILES string of the molecule is c1ccc(-c2nc(-c3cccc(-n4c5ccccc5c5cc(-c6ccc7c(c6)c6ccccc6n7-c6ccccc6)ccc54)c3)c3c(n2)-c2cccc4cccc-3c24)cc1. The second-order valence-electron chi connectivity index (χ2n) is 15.7. The molecule has 4 nitrogen and oxygen atoms in total. The minimum Gasteiger partial charge on any atom is -0.309 e. The van der Waals surface area contributed by atoms with Crippen molar-refractivity contribution < 1.29 is 0 Å². The molecule has 0 atom stereocenters. The summed E-state index contributed by atoms with van der Waals surface area (Å²) < 4.78 is 4.78. The Labute approximate surface area is 345 Å². The Morgan fingerprint density at radius 2 is 0.833 bits per heavy atom. The molecule has 0 unspecified atom stereocenters. The van der Waals surface area contributed by atoms with Crippen molar-refractivity contribution in [3.05, 3.63) is 206 Å². The molecule has 13 rings (SSSR count).